The quantitative estimate of drug-likeness (QED) is 0.899. The fraction of sp³-hybridized carbons (Fsp3) is 0.562. The monoisotopic (exact) mass is 279 g/mol. The first kappa shape index (κ1) is 16.5. The standard InChI is InChI=1S/C16H25NO3/c1-5-14(13-9-7-6-8-10-13)17(11-12-18)15(19)20-16(2,3)4/h6-10,14,18H,5,11-12H2,1-4H3. The molecule has 1 rings (SSSR count). The van der Waals surface area contributed by atoms with Gasteiger partial charge in [0, 0.05) is 6.54 Å². The van der Waals surface area contributed by atoms with Crippen molar-refractivity contribution in [3.63, 3.8) is 0 Å². The lowest BCUT2D eigenvalue weighted by atomic mass is 10.0. The van der Waals surface area contributed by atoms with Crippen molar-refractivity contribution in [2.45, 2.75) is 45.8 Å². The summed E-state index contributed by atoms with van der Waals surface area (Å²) in [7, 11) is 0. The Kier molecular flexibility index (Phi) is 6.02. The number of hydrogen-bond donors (Lipinski definition) is 1. The Hall–Kier alpha value is -1.55. The maximum atomic E-state index is 12.3. The Morgan fingerprint density at radius 1 is 1.30 bits per heavy atom. The highest BCUT2D eigenvalue weighted by molar-refractivity contribution is 5.69. The van der Waals surface area contributed by atoms with Crippen LogP contribution in [0.15, 0.2) is 30.3 Å². The number of carbonyl (C=O) groups is 1. The molecule has 0 aliphatic heterocycles. The molecule has 1 N–H and O–H groups in total. The summed E-state index contributed by atoms with van der Waals surface area (Å²) in [6.45, 7) is 7.72. The summed E-state index contributed by atoms with van der Waals surface area (Å²) in [6, 6.07) is 9.73. The van der Waals surface area contributed by atoms with E-state index in [1.54, 1.807) is 4.90 Å². The number of ether oxygens (including phenoxy) is 1. The first-order valence-corrected chi connectivity index (χ1v) is 7.04. The van der Waals surface area contributed by atoms with Gasteiger partial charge in [-0.25, -0.2) is 4.79 Å². The van der Waals surface area contributed by atoms with Gasteiger partial charge < -0.3 is 9.84 Å². The molecule has 0 spiro atoms. The lowest BCUT2D eigenvalue weighted by Gasteiger charge is -2.33. The van der Waals surface area contributed by atoms with Crippen LogP contribution in [0.4, 0.5) is 4.79 Å². The maximum absolute atomic E-state index is 12.3. The fourth-order valence-corrected chi connectivity index (χ4v) is 2.11. The highest BCUT2D eigenvalue weighted by Gasteiger charge is 2.27. The van der Waals surface area contributed by atoms with Crippen molar-refractivity contribution in [2.75, 3.05) is 13.2 Å². The molecular formula is C16H25NO3. The highest BCUT2D eigenvalue weighted by Crippen LogP contribution is 2.25. The molecule has 0 aliphatic carbocycles. The minimum Gasteiger partial charge on any atom is -0.444 e. The molecule has 4 nitrogen and oxygen atoms in total. The minimum atomic E-state index is -0.542. The number of rotatable bonds is 5. The van der Waals surface area contributed by atoms with Gasteiger partial charge in [0.15, 0.2) is 0 Å². The van der Waals surface area contributed by atoms with Crippen molar-refractivity contribution in [3.05, 3.63) is 35.9 Å². The van der Waals surface area contributed by atoms with Crippen LogP contribution in [0.3, 0.4) is 0 Å². The molecule has 0 heterocycles. The molecule has 4 heteroatoms. The van der Waals surface area contributed by atoms with E-state index >= 15 is 0 Å². The molecule has 0 bridgehead atoms. The summed E-state index contributed by atoms with van der Waals surface area (Å²) in [6.07, 6.45) is 0.380. The van der Waals surface area contributed by atoms with E-state index < -0.39 is 5.60 Å². The molecule has 0 aromatic heterocycles. The molecule has 0 fully saturated rings. The molecule has 1 aromatic rings. The van der Waals surface area contributed by atoms with Crippen LogP contribution >= 0.6 is 0 Å². The fourth-order valence-electron chi connectivity index (χ4n) is 2.11. The molecule has 1 aromatic carbocycles. The third kappa shape index (κ3) is 4.85. The van der Waals surface area contributed by atoms with Crippen LogP contribution in [0.5, 0.6) is 0 Å². The summed E-state index contributed by atoms with van der Waals surface area (Å²) in [5, 5.41) is 9.23. The van der Waals surface area contributed by atoms with E-state index in [1.807, 2.05) is 58.0 Å². The Morgan fingerprint density at radius 3 is 2.35 bits per heavy atom. The lowest BCUT2D eigenvalue weighted by Crippen LogP contribution is -2.40. The molecular weight excluding hydrogens is 254 g/mol. The summed E-state index contributed by atoms with van der Waals surface area (Å²) in [4.78, 5) is 13.9. The van der Waals surface area contributed by atoms with Crippen LogP contribution < -0.4 is 0 Å². The van der Waals surface area contributed by atoms with Crippen molar-refractivity contribution >= 4 is 6.09 Å². The Labute approximate surface area is 121 Å². The van der Waals surface area contributed by atoms with Crippen molar-refractivity contribution < 1.29 is 14.6 Å². The molecule has 0 saturated carbocycles. The molecule has 1 atom stereocenters. The van der Waals surface area contributed by atoms with Crippen molar-refractivity contribution in [1.29, 1.82) is 0 Å². The molecule has 112 valence electrons. The third-order valence-electron chi connectivity index (χ3n) is 2.92. The van der Waals surface area contributed by atoms with Crippen LogP contribution in [0.1, 0.15) is 45.7 Å². The van der Waals surface area contributed by atoms with E-state index in [0.29, 0.717) is 0 Å². The maximum Gasteiger partial charge on any atom is 0.410 e. The van der Waals surface area contributed by atoms with E-state index in [2.05, 4.69) is 0 Å². The van der Waals surface area contributed by atoms with Crippen LogP contribution in [0.2, 0.25) is 0 Å². The number of nitrogens with zero attached hydrogens (tertiary/aromatic N) is 1. The normalized spacial score (nSPS) is 12.8. The molecule has 1 amide bonds. The summed E-state index contributed by atoms with van der Waals surface area (Å²) in [5.74, 6) is 0. The molecule has 20 heavy (non-hydrogen) atoms. The Bertz CT molecular complexity index is 411. The van der Waals surface area contributed by atoms with E-state index in [1.165, 1.54) is 0 Å². The predicted octanol–water partition coefficient (Wildman–Crippen LogP) is 3.37. The van der Waals surface area contributed by atoms with Crippen LogP contribution in [0.25, 0.3) is 0 Å². The smallest absolute Gasteiger partial charge is 0.410 e. The first-order valence-electron chi connectivity index (χ1n) is 7.04. The van der Waals surface area contributed by atoms with Crippen LogP contribution in [-0.4, -0.2) is 34.9 Å². The second kappa shape index (κ2) is 7.29. The predicted molar refractivity (Wildman–Crippen MR) is 79.5 cm³/mol. The van der Waals surface area contributed by atoms with Gasteiger partial charge >= 0.3 is 6.09 Å². The Balaban J connectivity index is 2.95. The van der Waals surface area contributed by atoms with Crippen molar-refractivity contribution in [2.24, 2.45) is 0 Å². The number of carbonyl (C=O) groups excluding carboxylic acids is 1. The zero-order valence-electron chi connectivity index (χ0n) is 12.8. The minimum absolute atomic E-state index is 0.0808. The SMILES string of the molecule is CCC(c1ccccc1)N(CCO)C(=O)OC(C)(C)C. The van der Waals surface area contributed by atoms with Crippen molar-refractivity contribution in [3.8, 4) is 0 Å². The second-order valence-electron chi connectivity index (χ2n) is 5.73. The summed E-state index contributed by atoms with van der Waals surface area (Å²) in [5.41, 5.74) is 0.508. The molecule has 1 unspecified atom stereocenters. The van der Waals surface area contributed by atoms with Crippen LogP contribution in [-0.2, 0) is 4.74 Å². The topological polar surface area (TPSA) is 49.8 Å². The van der Waals surface area contributed by atoms with E-state index in [4.69, 9.17) is 4.74 Å². The van der Waals surface area contributed by atoms with Gasteiger partial charge in [-0.1, -0.05) is 37.3 Å². The van der Waals surface area contributed by atoms with E-state index in [0.717, 1.165) is 12.0 Å². The zero-order chi connectivity index (χ0) is 15.2. The van der Waals surface area contributed by atoms with Crippen LogP contribution in [0, 0.1) is 0 Å². The van der Waals surface area contributed by atoms with Gasteiger partial charge in [-0.3, -0.25) is 4.90 Å². The van der Waals surface area contributed by atoms with Gasteiger partial charge in [0.05, 0.1) is 12.6 Å². The van der Waals surface area contributed by atoms with Crippen molar-refractivity contribution in [1.82, 2.24) is 4.90 Å². The lowest BCUT2D eigenvalue weighted by molar-refractivity contribution is 0.0115. The average Bonchev–Trinajstić information content (AvgIpc) is 2.38. The summed E-state index contributed by atoms with van der Waals surface area (Å²) >= 11 is 0. The largest absolute Gasteiger partial charge is 0.444 e. The van der Waals surface area contributed by atoms with E-state index in [9.17, 15) is 9.90 Å². The Morgan fingerprint density at radius 2 is 1.90 bits per heavy atom. The van der Waals surface area contributed by atoms with Gasteiger partial charge in [-0.2, -0.15) is 0 Å². The average molecular weight is 279 g/mol. The van der Waals surface area contributed by atoms with Gasteiger partial charge in [-0.05, 0) is 32.8 Å². The highest BCUT2D eigenvalue weighted by atomic mass is 16.6. The number of aliphatic hydroxyl groups excluding tert-OH is 1. The number of aliphatic hydroxyl groups is 1. The van der Waals surface area contributed by atoms with Gasteiger partial charge in [0.2, 0.25) is 0 Å². The van der Waals surface area contributed by atoms with E-state index in [-0.39, 0.29) is 25.3 Å². The first-order chi connectivity index (χ1) is 9.39. The number of amides is 1. The van der Waals surface area contributed by atoms with Gasteiger partial charge in [0.1, 0.15) is 5.60 Å². The number of hydrogen-bond acceptors (Lipinski definition) is 3. The van der Waals surface area contributed by atoms with Gasteiger partial charge in [0.25, 0.3) is 0 Å². The second-order valence-corrected chi connectivity index (χ2v) is 5.73. The summed E-state index contributed by atoms with van der Waals surface area (Å²) < 4.78 is 5.43. The zero-order valence-corrected chi connectivity index (χ0v) is 12.8. The number of benzene rings is 1. The molecule has 0 saturated heterocycles. The van der Waals surface area contributed by atoms with Gasteiger partial charge in [-0.15, -0.1) is 0 Å². The molecule has 0 radical (unpaired) electrons. The molecule has 0 aliphatic rings. The third-order valence-corrected chi connectivity index (χ3v) is 2.92.